The van der Waals surface area contributed by atoms with Gasteiger partial charge in [-0.3, -0.25) is 9.59 Å². The second-order valence-corrected chi connectivity index (χ2v) is 22.1. The van der Waals surface area contributed by atoms with Crippen LogP contribution in [0, 0.1) is 0 Å². The van der Waals surface area contributed by atoms with Crippen molar-refractivity contribution >= 4 is 11.9 Å². The summed E-state index contributed by atoms with van der Waals surface area (Å²) in [5.74, 6) is -1.20. The molecule has 0 spiro atoms. The van der Waals surface area contributed by atoms with E-state index in [2.05, 4.69) is 74.7 Å². The molecule has 0 radical (unpaired) electrons. The lowest BCUT2D eigenvalue weighted by Gasteiger charge is -2.41. The molecule has 0 aromatic rings. The van der Waals surface area contributed by atoms with Gasteiger partial charge in [-0.2, -0.15) is 0 Å². The zero-order valence-electron chi connectivity index (χ0n) is 49.6. The van der Waals surface area contributed by atoms with E-state index < -0.39 is 67.4 Å². The first-order chi connectivity index (χ1) is 37.7. The van der Waals surface area contributed by atoms with Crippen molar-refractivity contribution in [2.45, 2.75) is 333 Å². The van der Waals surface area contributed by atoms with Crippen LogP contribution < -0.4 is 5.32 Å². The summed E-state index contributed by atoms with van der Waals surface area (Å²) >= 11 is 0. The molecule has 8 unspecified atom stereocenters. The fourth-order valence-electron chi connectivity index (χ4n) is 9.76. The van der Waals surface area contributed by atoms with Crippen molar-refractivity contribution in [1.29, 1.82) is 0 Å². The van der Waals surface area contributed by atoms with Crippen molar-refractivity contribution in [1.82, 2.24) is 5.32 Å². The minimum Gasteiger partial charge on any atom is -0.454 e. The van der Waals surface area contributed by atoms with Gasteiger partial charge in [0.05, 0.1) is 25.4 Å². The first-order valence-corrected chi connectivity index (χ1v) is 32.1. The highest BCUT2D eigenvalue weighted by atomic mass is 16.7. The van der Waals surface area contributed by atoms with Crippen molar-refractivity contribution in [3.63, 3.8) is 0 Å². The Kier molecular flexibility index (Phi) is 50.7. The Morgan fingerprint density at radius 3 is 1.42 bits per heavy atom. The van der Waals surface area contributed by atoms with E-state index in [-0.39, 0.29) is 19.4 Å². The van der Waals surface area contributed by atoms with E-state index in [0.717, 1.165) is 89.9 Å². The Bertz CT molecular complexity index is 1480. The first kappa shape index (κ1) is 72.4. The minimum absolute atomic E-state index is 0.113. The third-order valence-corrected chi connectivity index (χ3v) is 14.9. The number of hydrogen-bond acceptors (Lipinski definition) is 10. The summed E-state index contributed by atoms with van der Waals surface area (Å²) in [6.45, 7) is 5.71. The lowest BCUT2D eigenvalue weighted by Crippen LogP contribution is -2.61. The number of aliphatic hydroxyl groups excluding tert-OH is 5. The number of carbonyl (C=O) groups excluding carboxylic acids is 2. The number of allylic oxidation sites excluding steroid dienone is 9. The topological polar surface area (TPSA) is 175 Å². The van der Waals surface area contributed by atoms with Crippen LogP contribution in [0.15, 0.2) is 60.8 Å². The SMILES string of the molecule is CCCC/C=C\CCCCCCCC(=O)OC1C(OCC(NC(=O)C(O)CCCCCCCCCCCCCCC/C=C\C/C=C\C/C=C\CCCCC)C(O)/C=C/CCCCCCCCCCC)OC(CO)C(O)C1O. The fraction of sp³-hybridized carbons (Fsp3) is 0.818. The van der Waals surface area contributed by atoms with Gasteiger partial charge in [-0.05, 0) is 83.5 Å². The number of amides is 1. The smallest absolute Gasteiger partial charge is 0.306 e. The molecular weight excluding hydrogens is 967 g/mol. The highest BCUT2D eigenvalue weighted by molar-refractivity contribution is 5.80. The molecule has 0 aromatic carbocycles. The molecule has 77 heavy (non-hydrogen) atoms. The summed E-state index contributed by atoms with van der Waals surface area (Å²) in [5, 5.41) is 56.9. The van der Waals surface area contributed by atoms with E-state index in [0.29, 0.717) is 12.8 Å². The Morgan fingerprint density at radius 2 is 0.909 bits per heavy atom. The van der Waals surface area contributed by atoms with Gasteiger partial charge in [0.25, 0.3) is 0 Å². The van der Waals surface area contributed by atoms with E-state index in [1.54, 1.807) is 6.08 Å². The van der Waals surface area contributed by atoms with E-state index in [9.17, 15) is 35.1 Å². The minimum atomic E-state index is -1.62. The van der Waals surface area contributed by atoms with Gasteiger partial charge in [0, 0.05) is 6.42 Å². The molecular formula is C66H119NO10. The molecule has 1 aliphatic rings. The van der Waals surface area contributed by atoms with Crippen molar-refractivity contribution < 1.29 is 49.3 Å². The second kappa shape index (κ2) is 54.0. The number of unbranched alkanes of at least 4 members (excludes halogenated alkanes) is 32. The third kappa shape index (κ3) is 42.0. The molecule has 11 nitrogen and oxygen atoms in total. The zero-order chi connectivity index (χ0) is 56.1. The van der Waals surface area contributed by atoms with Gasteiger partial charge in [0.2, 0.25) is 5.91 Å². The van der Waals surface area contributed by atoms with Crippen LogP contribution in [-0.4, -0.2) is 99.6 Å². The number of carbonyl (C=O) groups is 2. The Hall–Kier alpha value is -2.64. The van der Waals surface area contributed by atoms with Gasteiger partial charge in [-0.25, -0.2) is 0 Å². The van der Waals surface area contributed by atoms with E-state index in [4.69, 9.17) is 14.2 Å². The molecule has 1 rings (SSSR count). The maximum Gasteiger partial charge on any atom is 0.306 e. The van der Waals surface area contributed by atoms with Crippen molar-refractivity contribution in [3.05, 3.63) is 60.8 Å². The lowest BCUT2D eigenvalue weighted by molar-refractivity contribution is -0.305. The van der Waals surface area contributed by atoms with Gasteiger partial charge in [0.15, 0.2) is 12.4 Å². The molecule has 0 aliphatic carbocycles. The molecule has 448 valence electrons. The van der Waals surface area contributed by atoms with Crippen LogP contribution in [0.1, 0.15) is 284 Å². The summed E-state index contributed by atoms with van der Waals surface area (Å²) < 4.78 is 17.6. The molecule has 8 atom stereocenters. The fourth-order valence-corrected chi connectivity index (χ4v) is 9.76. The van der Waals surface area contributed by atoms with Crippen LogP contribution in [0.25, 0.3) is 0 Å². The van der Waals surface area contributed by atoms with Crippen LogP contribution in [0.2, 0.25) is 0 Å². The number of ether oxygens (including phenoxy) is 3. The zero-order valence-corrected chi connectivity index (χ0v) is 49.6. The molecule has 0 saturated carbocycles. The second-order valence-electron chi connectivity index (χ2n) is 22.1. The predicted molar refractivity (Wildman–Crippen MR) is 320 cm³/mol. The molecule has 1 fully saturated rings. The van der Waals surface area contributed by atoms with Gasteiger partial charge in [0.1, 0.15) is 24.4 Å². The van der Waals surface area contributed by atoms with Crippen LogP contribution in [0.3, 0.4) is 0 Å². The summed E-state index contributed by atoms with van der Waals surface area (Å²) in [4.78, 5) is 26.5. The van der Waals surface area contributed by atoms with Crippen LogP contribution in [0.5, 0.6) is 0 Å². The molecule has 1 aliphatic heterocycles. The average Bonchev–Trinajstić information content (AvgIpc) is 3.43. The number of nitrogens with one attached hydrogen (secondary N) is 1. The molecule has 1 heterocycles. The van der Waals surface area contributed by atoms with Crippen LogP contribution in [-0.2, 0) is 23.8 Å². The molecule has 1 saturated heterocycles. The van der Waals surface area contributed by atoms with Gasteiger partial charge in [-0.15, -0.1) is 0 Å². The maximum absolute atomic E-state index is 13.4. The van der Waals surface area contributed by atoms with Gasteiger partial charge >= 0.3 is 5.97 Å². The standard InChI is InChI=1S/C66H119NO10/c1-4-7-10-13-16-19-22-23-24-25-26-27-28-29-30-31-32-33-34-35-36-39-41-44-47-50-53-59(70)65(74)67-57(58(69)52-49-46-43-40-37-20-17-14-11-8-5-2)56-75-66-64(63(73)62(72)60(55-68)76-66)77-61(71)54-51-48-45-42-38-21-18-15-12-9-6-3/h15-16,18-19,23-24,26-27,49,52,57-60,62-64,66,68-70,72-73H,4-14,17,20-22,25,28-48,50-51,53-56H2,1-3H3,(H,67,74)/b18-15-,19-16-,24-23-,27-26-,52-49+. The largest absolute Gasteiger partial charge is 0.454 e. The molecule has 1 amide bonds. The van der Waals surface area contributed by atoms with E-state index >= 15 is 0 Å². The van der Waals surface area contributed by atoms with E-state index in [1.165, 1.54) is 148 Å². The third-order valence-electron chi connectivity index (χ3n) is 14.9. The Balaban J connectivity index is 2.56. The van der Waals surface area contributed by atoms with Gasteiger partial charge < -0.3 is 45.1 Å². The van der Waals surface area contributed by atoms with E-state index in [1.807, 2.05) is 6.08 Å². The van der Waals surface area contributed by atoms with Crippen molar-refractivity contribution in [3.8, 4) is 0 Å². The Labute approximate surface area is 471 Å². The van der Waals surface area contributed by atoms with Crippen molar-refractivity contribution in [2.24, 2.45) is 0 Å². The first-order valence-electron chi connectivity index (χ1n) is 32.1. The van der Waals surface area contributed by atoms with Crippen LogP contribution >= 0.6 is 0 Å². The van der Waals surface area contributed by atoms with Crippen LogP contribution in [0.4, 0.5) is 0 Å². The number of rotatable bonds is 54. The Morgan fingerprint density at radius 1 is 0.506 bits per heavy atom. The molecule has 0 bridgehead atoms. The molecule has 11 heteroatoms. The van der Waals surface area contributed by atoms with Crippen molar-refractivity contribution in [2.75, 3.05) is 13.2 Å². The summed E-state index contributed by atoms with van der Waals surface area (Å²) in [5.41, 5.74) is 0. The summed E-state index contributed by atoms with van der Waals surface area (Å²) in [6.07, 6.45) is 57.1. The molecule has 0 aromatic heterocycles. The molecule has 6 N–H and O–H groups in total. The highest BCUT2D eigenvalue weighted by Crippen LogP contribution is 2.26. The monoisotopic (exact) mass is 1090 g/mol. The average molecular weight is 1090 g/mol. The summed E-state index contributed by atoms with van der Waals surface area (Å²) in [7, 11) is 0. The summed E-state index contributed by atoms with van der Waals surface area (Å²) in [6, 6.07) is -1.03. The highest BCUT2D eigenvalue weighted by Gasteiger charge is 2.47. The number of esters is 1. The predicted octanol–water partition coefficient (Wildman–Crippen LogP) is 15.4. The number of hydrogen-bond donors (Lipinski definition) is 6. The lowest BCUT2D eigenvalue weighted by atomic mass is 9.99. The maximum atomic E-state index is 13.4. The number of aliphatic hydroxyl groups is 5. The normalized spacial score (nSPS) is 19.4. The quantitative estimate of drug-likeness (QED) is 0.0195. The van der Waals surface area contributed by atoms with Gasteiger partial charge in [-0.1, -0.05) is 255 Å².